The van der Waals surface area contributed by atoms with Gasteiger partial charge < -0.3 is 10.2 Å². The number of hydrazone groups is 1. The van der Waals surface area contributed by atoms with Crippen LogP contribution >= 0.6 is 0 Å². The van der Waals surface area contributed by atoms with Gasteiger partial charge in [0.2, 0.25) is 0 Å². The summed E-state index contributed by atoms with van der Waals surface area (Å²) in [6.45, 7) is 3.01. The van der Waals surface area contributed by atoms with Gasteiger partial charge in [-0.2, -0.15) is 5.10 Å². The fraction of sp³-hybridized carbons (Fsp3) is 0.364. The number of hydrogen-bond donors (Lipinski definition) is 2. The number of piperazine rings is 1. The van der Waals surface area contributed by atoms with Gasteiger partial charge in [0.05, 0.1) is 0 Å². The molecule has 4 heteroatoms. The molecule has 2 aliphatic heterocycles. The second kappa shape index (κ2) is 3.55. The Bertz CT molecular complexity index is 373. The monoisotopic (exact) mass is 202 g/mol. The molecular formula is C11H14N4. The lowest BCUT2D eigenvalue weighted by Gasteiger charge is -2.31. The van der Waals surface area contributed by atoms with Crippen LogP contribution in [0.4, 0.5) is 0 Å². The van der Waals surface area contributed by atoms with Gasteiger partial charge in [0.25, 0.3) is 0 Å². The molecule has 0 spiro atoms. The minimum Gasteiger partial charge on any atom is -0.331 e. The Morgan fingerprint density at radius 3 is 3.00 bits per heavy atom. The fourth-order valence-electron chi connectivity index (χ4n) is 2.09. The molecule has 0 radical (unpaired) electrons. The van der Waals surface area contributed by atoms with Crippen molar-refractivity contribution in [1.29, 1.82) is 0 Å². The Kier molecular flexibility index (Phi) is 2.07. The molecular weight excluding hydrogens is 188 g/mol. The van der Waals surface area contributed by atoms with Crippen LogP contribution in [0.1, 0.15) is 5.56 Å². The standard InChI is InChI=1S/C11H14N4/c1-2-4-9(5-3-1)11-14-13-10-8-12-6-7-15(10)11/h1-5,10,12-13H,6-8H2. The first-order valence-corrected chi connectivity index (χ1v) is 5.31. The minimum absolute atomic E-state index is 0.328. The Labute approximate surface area is 89.0 Å². The molecule has 0 bridgehead atoms. The molecule has 2 heterocycles. The normalized spacial score (nSPS) is 24.4. The highest BCUT2D eigenvalue weighted by molar-refractivity contribution is 5.99. The summed E-state index contributed by atoms with van der Waals surface area (Å²) < 4.78 is 0. The van der Waals surface area contributed by atoms with Crippen LogP contribution in [0.3, 0.4) is 0 Å². The van der Waals surface area contributed by atoms with Gasteiger partial charge in [0, 0.05) is 25.2 Å². The second-order valence-corrected chi connectivity index (χ2v) is 3.84. The summed E-state index contributed by atoms with van der Waals surface area (Å²) in [7, 11) is 0. The highest BCUT2D eigenvalue weighted by Crippen LogP contribution is 2.14. The zero-order chi connectivity index (χ0) is 10.1. The molecule has 0 amide bonds. The van der Waals surface area contributed by atoms with Crippen LogP contribution in [-0.4, -0.2) is 36.5 Å². The lowest BCUT2D eigenvalue weighted by Crippen LogP contribution is -2.54. The van der Waals surface area contributed by atoms with Crippen molar-refractivity contribution in [2.75, 3.05) is 19.6 Å². The quantitative estimate of drug-likeness (QED) is 0.682. The Morgan fingerprint density at radius 1 is 1.27 bits per heavy atom. The van der Waals surface area contributed by atoms with Gasteiger partial charge in [0.15, 0.2) is 5.84 Å². The van der Waals surface area contributed by atoms with Gasteiger partial charge >= 0.3 is 0 Å². The molecule has 0 aromatic heterocycles. The maximum Gasteiger partial charge on any atom is 0.157 e. The summed E-state index contributed by atoms with van der Waals surface area (Å²) in [6, 6.07) is 10.3. The van der Waals surface area contributed by atoms with Crippen molar-refractivity contribution in [3.63, 3.8) is 0 Å². The van der Waals surface area contributed by atoms with Gasteiger partial charge in [-0.3, -0.25) is 5.43 Å². The number of amidine groups is 1. The van der Waals surface area contributed by atoms with E-state index < -0.39 is 0 Å². The van der Waals surface area contributed by atoms with Gasteiger partial charge in [-0.05, 0) is 0 Å². The number of nitrogens with one attached hydrogen (secondary N) is 2. The first-order valence-electron chi connectivity index (χ1n) is 5.31. The zero-order valence-corrected chi connectivity index (χ0v) is 8.48. The van der Waals surface area contributed by atoms with Gasteiger partial charge in [-0.15, -0.1) is 0 Å². The highest BCUT2D eigenvalue weighted by atomic mass is 15.5. The van der Waals surface area contributed by atoms with E-state index in [2.05, 4.69) is 32.9 Å². The Balaban J connectivity index is 1.88. The molecule has 4 nitrogen and oxygen atoms in total. The number of benzene rings is 1. The molecule has 1 aromatic rings. The Hall–Kier alpha value is -1.55. The summed E-state index contributed by atoms with van der Waals surface area (Å²) in [5, 5.41) is 7.75. The molecule has 78 valence electrons. The predicted octanol–water partition coefficient (Wildman–Crippen LogP) is 0.183. The number of nitrogens with zero attached hydrogens (tertiary/aromatic N) is 2. The summed E-state index contributed by atoms with van der Waals surface area (Å²) in [5.74, 6) is 1.07. The van der Waals surface area contributed by atoms with E-state index in [-0.39, 0.29) is 0 Å². The molecule has 2 aliphatic rings. The van der Waals surface area contributed by atoms with Crippen molar-refractivity contribution in [3.05, 3.63) is 35.9 Å². The molecule has 3 rings (SSSR count). The Morgan fingerprint density at radius 2 is 2.13 bits per heavy atom. The second-order valence-electron chi connectivity index (χ2n) is 3.84. The summed E-state index contributed by atoms with van der Waals surface area (Å²) in [5.41, 5.74) is 4.35. The van der Waals surface area contributed by atoms with Crippen LogP contribution in [-0.2, 0) is 0 Å². The topological polar surface area (TPSA) is 39.7 Å². The van der Waals surface area contributed by atoms with Crippen molar-refractivity contribution >= 4 is 5.84 Å². The fourth-order valence-corrected chi connectivity index (χ4v) is 2.09. The predicted molar refractivity (Wildman–Crippen MR) is 59.5 cm³/mol. The molecule has 1 fully saturated rings. The number of rotatable bonds is 1. The average molecular weight is 202 g/mol. The van der Waals surface area contributed by atoms with Crippen molar-refractivity contribution < 1.29 is 0 Å². The molecule has 1 unspecified atom stereocenters. The van der Waals surface area contributed by atoms with E-state index in [9.17, 15) is 0 Å². The van der Waals surface area contributed by atoms with Gasteiger partial charge in [-0.25, -0.2) is 0 Å². The van der Waals surface area contributed by atoms with E-state index in [0.29, 0.717) is 6.17 Å². The summed E-state index contributed by atoms with van der Waals surface area (Å²) >= 11 is 0. The summed E-state index contributed by atoms with van der Waals surface area (Å²) in [4.78, 5) is 2.33. The van der Waals surface area contributed by atoms with E-state index in [1.165, 1.54) is 5.56 Å². The lowest BCUT2D eigenvalue weighted by molar-refractivity contribution is 0.249. The third-order valence-electron chi connectivity index (χ3n) is 2.87. The largest absolute Gasteiger partial charge is 0.331 e. The van der Waals surface area contributed by atoms with Gasteiger partial charge in [0.1, 0.15) is 6.17 Å². The minimum atomic E-state index is 0.328. The van der Waals surface area contributed by atoms with Crippen molar-refractivity contribution in [2.24, 2.45) is 5.10 Å². The number of hydrogen-bond acceptors (Lipinski definition) is 4. The van der Waals surface area contributed by atoms with E-state index in [0.717, 1.165) is 25.5 Å². The van der Waals surface area contributed by atoms with Crippen molar-refractivity contribution in [3.8, 4) is 0 Å². The molecule has 15 heavy (non-hydrogen) atoms. The van der Waals surface area contributed by atoms with Crippen molar-refractivity contribution in [1.82, 2.24) is 15.6 Å². The van der Waals surface area contributed by atoms with Crippen LogP contribution in [0.2, 0.25) is 0 Å². The van der Waals surface area contributed by atoms with Crippen LogP contribution in [0.5, 0.6) is 0 Å². The maximum atomic E-state index is 4.40. The molecule has 0 aliphatic carbocycles. The lowest BCUT2D eigenvalue weighted by atomic mass is 10.2. The zero-order valence-electron chi connectivity index (χ0n) is 8.48. The van der Waals surface area contributed by atoms with Crippen LogP contribution in [0.15, 0.2) is 35.4 Å². The first kappa shape index (κ1) is 8.73. The smallest absolute Gasteiger partial charge is 0.157 e. The average Bonchev–Trinajstić information content (AvgIpc) is 2.74. The first-order chi connectivity index (χ1) is 7.45. The van der Waals surface area contributed by atoms with E-state index in [1.807, 2.05) is 18.2 Å². The summed E-state index contributed by atoms with van der Waals surface area (Å²) in [6.07, 6.45) is 0.328. The van der Waals surface area contributed by atoms with E-state index in [4.69, 9.17) is 0 Å². The molecule has 1 saturated heterocycles. The molecule has 2 N–H and O–H groups in total. The third-order valence-corrected chi connectivity index (χ3v) is 2.87. The SMILES string of the molecule is c1ccc(C2=NNC3CNCCN23)cc1. The molecule has 0 saturated carbocycles. The van der Waals surface area contributed by atoms with Crippen LogP contribution < -0.4 is 10.7 Å². The maximum absolute atomic E-state index is 4.40. The number of fused-ring (bicyclic) bond motifs is 1. The molecule has 1 atom stereocenters. The van der Waals surface area contributed by atoms with Crippen molar-refractivity contribution in [2.45, 2.75) is 6.17 Å². The van der Waals surface area contributed by atoms with E-state index >= 15 is 0 Å². The molecule has 1 aromatic carbocycles. The van der Waals surface area contributed by atoms with E-state index in [1.54, 1.807) is 0 Å². The van der Waals surface area contributed by atoms with Gasteiger partial charge in [-0.1, -0.05) is 30.3 Å². The van der Waals surface area contributed by atoms with Crippen LogP contribution in [0, 0.1) is 0 Å². The van der Waals surface area contributed by atoms with Crippen LogP contribution in [0.25, 0.3) is 0 Å². The highest BCUT2D eigenvalue weighted by Gasteiger charge is 2.29. The third kappa shape index (κ3) is 1.47.